The summed E-state index contributed by atoms with van der Waals surface area (Å²) in [5.41, 5.74) is 4.06. The SMILES string of the molecule is Cn1nc2c(c1C(=O)Nc1ccc(Nc3ccccc3)cc1)CN(C(=O)OC(C)(C)C)CC2. The highest BCUT2D eigenvalue weighted by atomic mass is 16.6. The van der Waals surface area contributed by atoms with Gasteiger partial charge in [-0.2, -0.15) is 5.10 Å². The Hall–Kier alpha value is -3.81. The van der Waals surface area contributed by atoms with E-state index >= 15 is 0 Å². The summed E-state index contributed by atoms with van der Waals surface area (Å²) >= 11 is 0. The smallest absolute Gasteiger partial charge is 0.410 e. The van der Waals surface area contributed by atoms with E-state index in [9.17, 15) is 9.59 Å². The molecule has 0 aliphatic carbocycles. The van der Waals surface area contributed by atoms with Gasteiger partial charge in [-0.15, -0.1) is 0 Å². The van der Waals surface area contributed by atoms with Gasteiger partial charge < -0.3 is 20.3 Å². The molecule has 0 bridgehead atoms. The number of anilines is 3. The van der Waals surface area contributed by atoms with E-state index in [1.54, 1.807) is 16.6 Å². The summed E-state index contributed by atoms with van der Waals surface area (Å²) < 4.78 is 7.09. The van der Waals surface area contributed by atoms with Gasteiger partial charge >= 0.3 is 6.09 Å². The fourth-order valence-corrected chi connectivity index (χ4v) is 3.78. The van der Waals surface area contributed by atoms with E-state index in [1.807, 2.05) is 75.4 Å². The van der Waals surface area contributed by atoms with Gasteiger partial charge in [0.15, 0.2) is 0 Å². The quantitative estimate of drug-likeness (QED) is 0.605. The van der Waals surface area contributed by atoms with Crippen LogP contribution in [0.3, 0.4) is 0 Å². The molecule has 33 heavy (non-hydrogen) atoms. The maximum Gasteiger partial charge on any atom is 0.410 e. The molecule has 2 aromatic carbocycles. The molecule has 8 nitrogen and oxygen atoms in total. The van der Waals surface area contributed by atoms with Crippen molar-refractivity contribution in [3.05, 3.63) is 71.5 Å². The lowest BCUT2D eigenvalue weighted by atomic mass is 10.1. The van der Waals surface area contributed by atoms with Gasteiger partial charge in [-0.25, -0.2) is 4.79 Å². The zero-order valence-corrected chi connectivity index (χ0v) is 19.4. The molecule has 172 valence electrons. The number of ether oxygens (including phenoxy) is 1. The second-order valence-electron chi connectivity index (χ2n) is 9.07. The summed E-state index contributed by atoms with van der Waals surface area (Å²) in [4.78, 5) is 27.3. The van der Waals surface area contributed by atoms with Crippen LogP contribution in [-0.4, -0.2) is 38.8 Å². The highest BCUT2D eigenvalue weighted by molar-refractivity contribution is 6.04. The first-order valence-corrected chi connectivity index (χ1v) is 11.0. The summed E-state index contributed by atoms with van der Waals surface area (Å²) in [6, 6.07) is 17.4. The molecule has 1 aromatic heterocycles. The van der Waals surface area contributed by atoms with Crippen molar-refractivity contribution < 1.29 is 14.3 Å². The predicted molar refractivity (Wildman–Crippen MR) is 128 cm³/mol. The molecule has 0 spiro atoms. The Labute approximate surface area is 193 Å². The van der Waals surface area contributed by atoms with Gasteiger partial charge in [0.25, 0.3) is 5.91 Å². The Morgan fingerprint density at radius 3 is 2.27 bits per heavy atom. The molecule has 0 atom stereocenters. The monoisotopic (exact) mass is 447 g/mol. The molecule has 0 fully saturated rings. The highest BCUT2D eigenvalue weighted by Gasteiger charge is 2.31. The number of benzene rings is 2. The molecule has 0 unspecified atom stereocenters. The summed E-state index contributed by atoms with van der Waals surface area (Å²) in [7, 11) is 1.75. The molecule has 4 rings (SSSR count). The van der Waals surface area contributed by atoms with Crippen molar-refractivity contribution in [1.29, 1.82) is 0 Å². The third kappa shape index (κ3) is 5.34. The van der Waals surface area contributed by atoms with Crippen LogP contribution < -0.4 is 10.6 Å². The van der Waals surface area contributed by atoms with Gasteiger partial charge in [0.2, 0.25) is 0 Å². The third-order valence-corrected chi connectivity index (χ3v) is 5.27. The van der Waals surface area contributed by atoms with E-state index < -0.39 is 5.60 Å². The van der Waals surface area contributed by atoms with E-state index in [-0.39, 0.29) is 12.0 Å². The van der Waals surface area contributed by atoms with Gasteiger partial charge in [-0.05, 0) is 57.2 Å². The number of hydrogen-bond donors (Lipinski definition) is 2. The summed E-state index contributed by atoms with van der Waals surface area (Å²) in [5, 5.41) is 10.8. The lowest BCUT2D eigenvalue weighted by Gasteiger charge is -2.29. The van der Waals surface area contributed by atoms with Crippen LogP contribution >= 0.6 is 0 Å². The number of hydrogen-bond acceptors (Lipinski definition) is 5. The molecule has 0 saturated carbocycles. The summed E-state index contributed by atoms with van der Waals surface area (Å²) in [5.74, 6) is -0.263. The van der Waals surface area contributed by atoms with Crippen LogP contribution in [-0.2, 0) is 24.8 Å². The zero-order valence-electron chi connectivity index (χ0n) is 19.4. The predicted octanol–water partition coefficient (Wildman–Crippen LogP) is 4.71. The number of carbonyl (C=O) groups is 2. The minimum Gasteiger partial charge on any atom is -0.444 e. The number of amides is 2. The molecule has 0 radical (unpaired) electrons. The van der Waals surface area contributed by atoms with Crippen LogP contribution in [0.2, 0.25) is 0 Å². The van der Waals surface area contributed by atoms with Crippen LogP contribution in [0.15, 0.2) is 54.6 Å². The van der Waals surface area contributed by atoms with Gasteiger partial charge in [0.05, 0.1) is 12.2 Å². The maximum absolute atomic E-state index is 13.1. The van der Waals surface area contributed by atoms with Crippen molar-refractivity contribution in [1.82, 2.24) is 14.7 Å². The Morgan fingerprint density at radius 1 is 0.970 bits per heavy atom. The van der Waals surface area contributed by atoms with Crippen molar-refractivity contribution in [3.8, 4) is 0 Å². The van der Waals surface area contributed by atoms with E-state index in [2.05, 4.69) is 15.7 Å². The van der Waals surface area contributed by atoms with E-state index in [1.165, 1.54) is 0 Å². The molecule has 1 aliphatic heterocycles. The molecular weight excluding hydrogens is 418 g/mol. The van der Waals surface area contributed by atoms with Crippen molar-refractivity contribution in [3.63, 3.8) is 0 Å². The number of para-hydroxylation sites is 1. The number of aromatic nitrogens is 2. The Balaban J connectivity index is 1.46. The van der Waals surface area contributed by atoms with Crippen LogP contribution in [0.4, 0.5) is 21.9 Å². The zero-order chi connectivity index (χ0) is 23.6. The van der Waals surface area contributed by atoms with Gasteiger partial charge in [0, 0.05) is 42.6 Å². The number of rotatable bonds is 4. The minimum absolute atomic E-state index is 0.263. The molecule has 1 aliphatic rings. The fourth-order valence-electron chi connectivity index (χ4n) is 3.78. The lowest BCUT2D eigenvalue weighted by molar-refractivity contribution is 0.0222. The van der Waals surface area contributed by atoms with Crippen LogP contribution in [0.1, 0.15) is 42.5 Å². The second kappa shape index (κ2) is 8.97. The lowest BCUT2D eigenvalue weighted by Crippen LogP contribution is -2.40. The Kier molecular flexibility index (Phi) is 6.09. The maximum atomic E-state index is 13.1. The largest absolute Gasteiger partial charge is 0.444 e. The number of aryl methyl sites for hydroxylation is 1. The van der Waals surface area contributed by atoms with Gasteiger partial charge in [-0.1, -0.05) is 18.2 Å². The molecule has 2 heterocycles. The van der Waals surface area contributed by atoms with Crippen molar-refractivity contribution >= 4 is 29.1 Å². The minimum atomic E-state index is -0.575. The van der Waals surface area contributed by atoms with Gasteiger partial charge in [-0.3, -0.25) is 9.48 Å². The highest BCUT2D eigenvalue weighted by Crippen LogP contribution is 2.25. The summed E-state index contributed by atoms with van der Waals surface area (Å²) in [6.45, 7) is 6.31. The first kappa shape index (κ1) is 22.4. The standard InChI is InChI=1S/C25H29N5O3/c1-25(2,3)33-24(32)30-15-14-21-20(16-30)22(29(4)28-21)23(31)27-19-12-10-18(11-13-19)26-17-8-6-5-7-9-17/h5-13,26H,14-16H2,1-4H3,(H,27,31). The third-order valence-electron chi connectivity index (χ3n) is 5.27. The molecule has 0 saturated heterocycles. The number of nitrogens with one attached hydrogen (secondary N) is 2. The second-order valence-corrected chi connectivity index (χ2v) is 9.07. The van der Waals surface area contributed by atoms with Crippen molar-refractivity contribution in [2.45, 2.75) is 39.3 Å². The van der Waals surface area contributed by atoms with Crippen molar-refractivity contribution in [2.24, 2.45) is 7.05 Å². The number of carbonyl (C=O) groups excluding carboxylic acids is 2. The van der Waals surface area contributed by atoms with Gasteiger partial charge in [0.1, 0.15) is 11.3 Å². The topological polar surface area (TPSA) is 88.5 Å². The van der Waals surface area contributed by atoms with E-state index in [0.29, 0.717) is 30.9 Å². The normalized spacial score (nSPS) is 13.3. The van der Waals surface area contributed by atoms with E-state index in [4.69, 9.17) is 4.74 Å². The first-order valence-electron chi connectivity index (χ1n) is 11.0. The molecule has 8 heteroatoms. The molecular formula is C25H29N5O3. The van der Waals surface area contributed by atoms with Crippen LogP contribution in [0, 0.1) is 0 Å². The molecule has 2 amide bonds. The van der Waals surface area contributed by atoms with Crippen molar-refractivity contribution in [2.75, 3.05) is 17.2 Å². The number of nitrogens with zero attached hydrogens (tertiary/aromatic N) is 3. The molecule has 3 aromatic rings. The van der Waals surface area contributed by atoms with Crippen LogP contribution in [0.5, 0.6) is 0 Å². The first-order chi connectivity index (χ1) is 15.7. The summed E-state index contributed by atoms with van der Waals surface area (Å²) in [6.07, 6.45) is 0.195. The average molecular weight is 448 g/mol. The van der Waals surface area contributed by atoms with Crippen LogP contribution in [0.25, 0.3) is 0 Å². The molecule has 2 N–H and O–H groups in total. The number of fused-ring (bicyclic) bond motifs is 1. The Bertz CT molecular complexity index is 1150. The fraction of sp³-hybridized carbons (Fsp3) is 0.320. The van der Waals surface area contributed by atoms with E-state index in [0.717, 1.165) is 22.6 Å². The Morgan fingerprint density at radius 2 is 1.61 bits per heavy atom. The average Bonchev–Trinajstić information content (AvgIpc) is 3.09.